The Kier molecular flexibility index (Phi) is 3.34. The summed E-state index contributed by atoms with van der Waals surface area (Å²) in [6.45, 7) is 1.72. The number of hydrogen-bond acceptors (Lipinski definition) is 2. The zero-order chi connectivity index (χ0) is 8.16. The smallest absolute Gasteiger partial charge is 0.0468 e. The van der Waals surface area contributed by atoms with Crippen LogP contribution in [0, 0.1) is 5.41 Å². The lowest BCUT2D eigenvalue weighted by Gasteiger charge is -2.26. The molecule has 1 rings (SSSR count). The minimum Gasteiger partial charge on any atom is -0.385 e. The minimum absolute atomic E-state index is 0.440. The van der Waals surface area contributed by atoms with Crippen molar-refractivity contribution < 1.29 is 4.74 Å². The van der Waals surface area contributed by atoms with Gasteiger partial charge in [0.15, 0.2) is 0 Å². The van der Waals surface area contributed by atoms with Gasteiger partial charge < -0.3 is 10.5 Å². The molecule has 1 aliphatic carbocycles. The van der Waals surface area contributed by atoms with E-state index in [2.05, 4.69) is 0 Å². The molecule has 0 spiro atoms. The van der Waals surface area contributed by atoms with Crippen LogP contribution in [-0.2, 0) is 4.74 Å². The van der Waals surface area contributed by atoms with Crippen LogP contribution in [0.2, 0.25) is 0 Å². The average molecular weight is 157 g/mol. The molecule has 2 N–H and O–H groups in total. The first-order chi connectivity index (χ1) is 5.33. The fourth-order valence-corrected chi connectivity index (χ4v) is 2.00. The van der Waals surface area contributed by atoms with E-state index in [1.54, 1.807) is 7.11 Å². The van der Waals surface area contributed by atoms with E-state index in [0.29, 0.717) is 5.41 Å². The van der Waals surface area contributed by atoms with E-state index in [9.17, 15) is 0 Å². The molecule has 66 valence electrons. The van der Waals surface area contributed by atoms with Crippen LogP contribution in [-0.4, -0.2) is 20.3 Å². The highest BCUT2D eigenvalue weighted by molar-refractivity contribution is 4.85. The zero-order valence-corrected chi connectivity index (χ0v) is 7.44. The van der Waals surface area contributed by atoms with E-state index in [1.165, 1.54) is 25.7 Å². The maximum absolute atomic E-state index is 5.75. The van der Waals surface area contributed by atoms with Gasteiger partial charge in [0.25, 0.3) is 0 Å². The summed E-state index contributed by atoms with van der Waals surface area (Å²) in [5.41, 5.74) is 6.19. The number of methoxy groups -OCH3 is 1. The van der Waals surface area contributed by atoms with E-state index in [0.717, 1.165) is 19.6 Å². The third kappa shape index (κ3) is 2.17. The Hall–Kier alpha value is -0.0800. The Morgan fingerprint density at radius 2 is 2.00 bits per heavy atom. The molecule has 0 amide bonds. The quantitative estimate of drug-likeness (QED) is 0.672. The topological polar surface area (TPSA) is 35.2 Å². The van der Waals surface area contributed by atoms with Crippen molar-refractivity contribution in [2.75, 3.05) is 20.3 Å². The van der Waals surface area contributed by atoms with Gasteiger partial charge in [0.2, 0.25) is 0 Å². The molecule has 1 saturated carbocycles. The fourth-order valence-electron chi connectivity index (χ4n) is 2.00. The van der Waals surface area contributed by atoms with Crippen LogP contribution in [0.25, 0.3) is 0 Å². The predicted molar refractivity (Wildman–Crippen MR) is 46.4 cm³/mol. The highest BCUT2D eigenvalue weighted by atomic mass is 16.5. The van der Waals surface area contributed by atoms with E-state index in [4.69, 9.17) is 10.5 Å². The molecule has 11 heavy (non-hydrogen) atoms. The van der Waals surface area contributed by atoms with Gasteiger partial charge in [0.1, 0.15) is 0 Å². The molecule has 2 heteroatoms. The van der Waals surface area contributed by atoms with Crippen LogP contribution in [0.5, 0.6) is 0 Å². The molecular weight excluding hydrogens is 138 g/mol. The minimum atomic E-state index is 0.440. The summed E-state index contributed by atoms with van der Waals surface area (Å²) >= 11 is 0. The molecule has 0 heterocycles. The van der Waals surface area contributed by atoms with Gasteiger partial charge in [-0.2, -0.15) is 0 Å². The first-order valence-corrected chi connectivity index (χ1v) is 4.52. The van der Waals surface area contributed by atoms with Crippen LogP contribution in [0.1, 0.15) is 32.1 Å². The Morgan fingerprint density at radius 3 is 2.45 bits per heavy atom. The molecule has 0 aromatic carbocycles. The van der Waals surface area contributed by atoms with Crippen molar-refractivity contribution in [1.82, 2.24) is 0 Å². The molecule has 2 nitrogen and oxygen atoms in total. The summed E-state index contributed by atoms with van der Waals surface area (Å²) in [5.74, 6) is 0. The van der Waals surface area contributed by atoms with Gasteiger partial charge in [0.05, 0.1) is 0 Å². The fraction of sp³-hybridized carbons (Fsp3) is 1.00. The van der Waals surface area contributed by atoms with Crippen molar-refractivity contribution in [3.05, 3.63) is 0 Å². The molecule has 0 unspecified atom stereocenters. The lowest BCUT2D eigenvalue weighted by Crippen LogP contribution is -2.28. The van der Waals surface area contributed by atoms with Crippen LogP contribution in [0.4, 0.5) is 0 Å². The first-order valence-electron chi connectivity index (χ1n) is 4.52. The maximum atomic E-state index is 5.75. The second-order valence-corrected chi connectivity index (χ2v) is 3.65. The van der Waals surface area contributed by atoms with Crippen molar-refractivity contribution in [3.63, 3.8) is 0 Å². The van der Waals surface area contributed by atoms with Gasteiger partial charge >= 0.3 is 0 Å². The molecule has 0 aromatic rings. The van der Waals surface area contributed by atoms with Crippen molar-refractivity contribution >= 4 is 0 Å². The van der Waals surface area contributed by atoms with Crippen molar-refractivity contribution in [3.8, 4) is 0 Å². The summed E-state index contributed by atoms with van der Waals surface area (Å²) in [7, 11) is 1.76. The monoisotopic (exact) mass is 157 g/mol. The molecule has 0 saturated heterocycles. The third-order valence-electron chi connectivity index (χ3n) is 2.93. The molecule has 0 aliphatic heterocycles. The lowest BCUT2D eigenvalue weighted by molar-refractivity contribution is 0.141. The summed E-state index contributed by atoms with van der Waals surface area (Å²) in [4.78, 5) is 0. The summed E-state index contributed by atoms with van der Waals surface area (Å²) in [6.07, 6.45) is 6.50. The molecule has 1 fully saturated rings. The van der Waals surface area contributed by atoms with Gasteiger partial charge in [-0.25, -0.2) is 0 Å². The standard InChI is InChI=1S/C9H19NO/c1-11-7-6-9(8-10)4-2-3-5-9/h2-8,10H2,1H3. The second kappa shape index (κ2) is 4.07. The van der Waals surface area contributed by atoms with Crippen molar-refractivity contribution in [2.24, 2.45) is 11.1 Å². The van der Waals surface area contributed by atoms with E-state index in [-0.39, 0.29) is 0 Å². The average Bonchev–Trinajstić information content (AvgIpc) is 2.50. The first kappa shape index (κ1) is 9.01. The summed E-state index contributed by atoms with van der Waals surface area (Å²) < 4.78 is 5.08. The number of rotatable bonds is 4. The second-order valence-electron chi connectivity index (χ2n) is 3.65. The van der Waals surface area contributed by atoms with Gasteiger partial charge in [-0.15, -0.1) is 0 Å². The van der Waals surface area contributed by atoms with E-state index >= 15 is 0 Å². The summed E-state index contributed by atoms with van der Waals surface area (Å²) in [5, 5.41) is 0. The lowest BCUT2D eigenvalue weighted by atomic mass is 9.83. The third-order valence-corrected chi connectivity index (χ3v) is 2.93. The van der Waals surface area contributed by atoms with Crippen molar-refractivity contribution in [1.29, 1.82) is 0 Å². The largest absolute Gasteiger partial charge is 0.385 e. The maximum Gasteiger partial charge on any atom is 0.0468 e. The molecule has 1 aliphatic rings. The van der Waals surface area contributed by atoms with Crippen molar-refractivity contribution in [2.45, 2.75) is 32.1 Å². The number of hydrogen-bond donors (Lipinski definition) is 1. The Balaban J connectivity index is 2.33. The molecular formula is C9H19NO. The molecule has 0 atom stereocenters. The Labute approximate surface area is 69.1 Å². The van der Waals surface area contributed by atoms with Gasteiger partial charge in [-0.3, -0.25) is 0 Å². The SMILES string of the molecule is COCCC1(CN)CCCC1. The van der Waals surface area contributed by atoms with E-state index < -0.39 is 0 Å². The molecule has 0 bridgehead atoms. The highest BCUT2D eigenvalue weighted by Gasteiger charge is 2.31. The van der Waals surface area contributed by atoms with Crippen LogP contribution < -0.4 is 5.73 Å². The molecule has 0 radical (unpaired) electrons. The van der Waals surface area contributed by atoms with E-state index in [1.807, 2.05) is 0 Å². The Morgan fingerprint density at radius 1 is 1.36 bits per heavy atom. The predicted octanol–water partition coefficient (Wildman–Crippen LogP) is 1.54. The number of ether oxygens (including phenoxy) is 1. The van der Waals surface area contributed by atoms with Crippen LogP contribution >= 0.6 is 0 Å². The Bertz CT molecular complexity index is 108. The zero-order valence-electron chi connectivity index (χ0n) is 7.44. The van der Waals surface area contributed by atoms with Gasteiger partial charge in [-0.05, 0) is 31.2 Å². The normalized spacial score (nSPS) is 22.4. The highest BCUT2D eigenvalue weighted by Crippen LogP contribution is 2.39. The van der Waals surface area contributed by atoms with Gasteiger partial charge in [0, 0.05) is 13.7 Å². The number of nitrogens with two attached hydrogens (primary N) is 1. The van der Waals surface area contributed by atoms with Crippen LogP contribution in [0.15, 0.2) is 0 Å². The summed E-state index contributed by atoms with van der Waals surface area (Å²) in [6, 6.07) is 0. The van der Waals surface area contributed by atoms with Gasteiger partial charge in [-0.1, -0.05) is 12.8 Å². The molecule has 0 aromatic heterocycles. The van der Waals surface area contributed by atoms with Crippen LogP contribution in [0.3, 0.4) is 0 Å².